The van der Waals surface area contributed by atoms with Crippen molar-refractivity contribution in [1.82, 2.24) is 10.3 Å². The predicted octanol–water partition coefficient (Wildman–Crippen LogP) is 1.75. The highest BCUT2D eigenvalue weighted by Gasteiger charge is 2.09. The summed E-state index contributed by atoms with van der Waals surface area (Å²) in [6, 6.07) is 0. The van der Waals surface area contributed by atoms with Gasteiger partial charge in [-0.15, -0.1) is 0 Å². The van der Waals surface area contributed by atoms with E-state index in [0.717, 1.165) is 37.4 Å². The minimum absolute atomic E-state index is 0.266. The molecule has 1 rings (SSSR count). The Kier molecular flexibility index (Phi) is 5.36. The minimum Gasteiger partial charge on any atom is -0.448 e. The zero-order valence-electron chi connectivity index (χ0n) is 9.75. The van der Waals surface area contributed by atoms with Gasteiger partial charge in [-0.3, -0.25) is 0 Å². The summed E-state index contributed by atoms with van der Waals surface area (Å²) in [5, 5.41) is 3.24. The Bertz CT molecular complexity index is 273. The van der Waals surface area contributed by atoms with Crippen molar-refractivity contribution in [3.63, 3.8) is 0 Å². The van der Waals surface area contributed by atoms with Crippen LogP contribution >= 0.6 is 0 Å². The maximum absolute atomic E-state index is 5.35. The third-order valence-corrected chi connectivity index (χ3v) is 2.45. The lowest BCUT2D eigenvalue weighted by Gasteiger charge is -2.08. The van der Waals surface area contributed by atoms with Gasteiger partial charge in [0.1, 0.15) is 5.76 Å². The van der Waals surface area contributed by atoms with Gasteiger partial charge in [0, 0.05) is 20.1 Å². The highest BCUT2D eigenvalue weighted by Crippen LogP contribution is 2.11. The summed E-state index contributed by atoms with van der Waals surface area (Å²) in [4.78, 5) is 4.19. The zero-order valence-corrected chi connectivity index (χ0v) is 9.75. The van der Waals surface area contributed by atoms with Crippen LogP contribution in [-0.2, 0) is 17.7 Å². The van der Waals surface area contributed by atoms with Gasteiger partial charge in [-0.1, -0.05) is 6.92 Å². The van der Waals surface area contributed by atoms with Gasteiger partial charge >= 0.3 is 0 Å². The lowest BCUT2D eigenvalue weighted by molar-refractivity contribution is 0.110. The summed E-state index contributed by atoms with van der Waals surface area (Å²) in [5.41, 5.74) is 1.01. The zero-order chi connectivity index (χ0) is 11.1. The van der Waals surface area contributed by atoms with E-state index >= 15 is 0 Å². The van der Waals surface area contributed by atoms with E-state index in [1.807, 2.05) is 0 Å². The van der Waals surface area contributed by atoms with Crippen LogP contribution < -0.4 is 5.32 Å². The standard InChI is InChI=1S/C11H20N2O2/c1-4-12-7-10-11(15-8-13-10)6-5-9(2)14-3/h8-9,12H,4-7H2,1-3H3. The first kappa shape index (κ1) is 12.2. The SMILES string of the molecule is CCNCc1ncoc1CCC(C)OC. The molecule has 0 radical (unpaired) electrons. The summed E-state index contributed by atoms with van der Waals surface area (Å²) in [7, 11) is 1.73. The smallest absolute Gasteiger partial charge is 0.181 e. The Hall–Kier alpha value is -0.870. The molecule has 4 heteroatoms. The molecular formula is C11H20N2O2. The molecule has 1 aromatic heterocycles. The number of aromatic nitrogens is 1. The largest absolute Gasteiger partial charge is 0.448 e. The van der Waals surface area contributed by atoms with Crippen molar-refractivity contribution in [3.05, 3.63) is 17.8 Å². The predicted molar refractivity (Wildman–Crippen MR) is 58.7 cm³/mol. The molecule has 0 fully saturated rings. The molecule has 0 bridgehead atoms. The fourth-order valence-corrected chi connectivity index (χ4v) is 1.34. The molecule has 1 N–H and O–H groups in total. The van der Waals surface area contributed by atoms with Crippen molar-refractivity contribution in [2.45, 2.75) is 39.3 Å². The van der Waals surface area contributed by atoms with Gasteiger partial charge in [-0.2, -0.15) is 0 Å². The third-order valence-electron chi connectivity index (χ3n) is 2.45. The number of aryl methyl sites for hydroxylation is 1. The van der Waals surface area contributed by atoms with Gasteiger partial charge in [0.2, 0.25) is 0 Å². The van der Waals surface area contributed by atoms with Crippen LogP contribution in [0.4, 0.5) is 0 Å². The molecule has 1 aromatic rings. The van der Waals surface area contributed by atoms with Crippen molar-refractivity contribution < 1.29 is 9.15 Å². The van der Waals surface area contributed by atoms with Crippen molar-refractivity contribution >= 4 is 0 Å². The Morgan fingerprint density at radius 3 is 3.07 bits per heavy atom. The molecule has 0 spiro atoms. The van der Waals surface area contributed by atoms with Crippen LogP contribution in [0.3, 0.4) is 0 Å². The second-order valence-electron chi connectivity index (χ2n) is 3.59. The molecule has 0 aliphatic heterocycles. The molecule has 0 aromatic carbocycles. The first-order valence-corrected chi connectivity index (χ1v) is 5.42. The molecule has 1 atom stereocenters. The Balaban J connectivity index is 2.42. The summed E-state index contributed by atoms with van der Waals surface area (Å²) < 4.78 is 10.5. The highest BCUT2D eigenvalue weighted by atomic mass is 16.5. The highest BCUT2D eigenvalue weighted by molar-refractivity contribution is 5.07. The number of rotatable bonds is 7. The summed E-state index contributed by atoms with van der Waals surface area (Å²) in [6.07, 6.45) is 3.63. The van der Waals surface area contributed by atoms with Crippen LogP contribution in [-0.4, -0.2) is 24.7 Å². The van der Waals surface area contributed by atoms with E-state index in [-0.39, 0.29) is 6.10 Å². The molecule has 1 heterocycles. The first-order chi connectivity index (χ1) is 7.27. The van der Waals surface area contributed by atoms with Crippen molar-refractivity contribution in [3.8, 4) is 0 Å². The van der Waals surface area contributed by atoms with E-state index in [1.54, 1.807) is 7.11 Å². The van der Waals surface area contributed by atoms with Crippen LogP contribution in [0, 0.1) is 0 Å². The van der Waals surface area contributed by atoms with E-state index in [4.69, 9.17) is 9.15 Å². The summed E-state index contributed by atoms with van der Waals surface area (Å²) >= 11 is 0. The van der Waals surface area contributed by atoms with Crippen LogP contribution in [0.1, 0.15) is 31.7 Å². The molecule has 0 aliphatic rings. The number of hydrogen-bond donors (Lipinski definition) is 1. The average molecular weight is 212 g/mol. The Morgan fingerprint density at radius 2 is 2.40 bits per heavy atom. The quantitative estimate of drug-likeness (QED) is 0.748. The summed E-state index contributed by atoms with van der Waals surface area (Å²) in [6.45, 7) is 5.86. The van der Waals surface area contributed by atoms with Crippen molar-refractivity contribution in [1.29, 1.82) is 0 Å². The van der Waals surface area contributed by atoms with Gasteiger partial charge in [-0.05, 0) is 19.9 Å². The molecular weight excluding hydrogens is 192 g/mol. The normalized spacial score (nSPS) is 13.0. The van der Waals surface area contributed by atoms with E-state index in [2.05, 4.69) is 24.1 Å². The fourth-order valence-electron chi connectivity index (χ4n) is 1.34. The molecule has 0 amide bonds. The number of nitrogens with one attached hydrogen (secondary N) is 1. The van der Waals surface area contributed by atoms with Crippen LogP contribution in [0.5, 0.6) is 0 Å². The van der Waals surface area contributed by atoms with Crippen molar-refractivity contribution in [2.75, 3.05) is 13.7 Å². The molecule has 0 saturated carbocycles. The van der Waals surface area contributed by atoms with Crippen LogP contribution in [0.25, 0.3) is 0 Å². The Morgan fingerprint density at radius 1 is 1.60 bits per heavy atom. The summed E-state index contributed by atoms with van der Waals surface area (Å²) in [5.74, 6) is 0.972. The minimum atomic E-state index is 0.266. The number of methoxy groups -OCH3 is 1. The van der Waals surface area contributed by atoms with Gasteiger partial charge in [0.05, 0.1) is 11.8 Å². The third kappa shape index (κ3) is 4.01. The average Bonchev–Trinajstić information content (AvgIpc) is 2.70. The van der Waals surface area contributed by atoms with E-state index in [0.29, 0.717) is 0 Å². The van der Waals surface area contributed by atoms with Crippen molar-refractivity contribution in [2.24, 2.45) is 0 Å². The van der Waals surface area contributed by atoms with E-state index in [9.17, 15) is 0 Å². The van der Waals surface area contributed by atoms with Gasteiger partial charge < -0.3 is 14.5 Å². The number of oxazole rings is 1. The molecule has 0 saturated heterocycles. The molecule has 0 aliphatic carbocycles. The maximum Gasteiger partial charge on any atom is 0.181 e. The molecule has 15 heavy (non-hydrogen) atoms. The second-order valence-corrected chi connectivity index (χ2v) is 3.59. The van der Waals surface area contributed by atoms with Gasteiger partial charge in [0.15, 0.2) is 6.39 Å². The topological polar surface area (TPSA) is 47.3 Å². The fraction of sp³-hybridized carbons (Fsp3) is 0.727. The second kappa shape index (κ2) is 6.58. The Labute approximate surface area is 91.0 Å². The first-order valence-electron chi connectivity index (χ1n) is 5.42. The van der Waals surface area contributed by atoms with Crippen LogP contribution in [0.2, 0.25) is 0 Å². The number of hydrogen-bond acceptors (Lipinski definition) is 4. The molecule has 1 unspecified atom stereocenters. The lowest BCUT2D eigenvalue weighted by atomic mass is 10.1. The number of nitrogens with zero attached hydrogens (tertiary/aromatic N) is 1. The molecule has 86 valence electrons. The monoisotopic (exact) mass is 212 g/mol. The van der Waals surface area contributed by atoms with Gasteiger partial charge in [0.25, 0.3) is 0 Å². The van der Waals surface area contributed by atoms with E-state index in [1.165, 1.54) is 6.39 Å². The van der Waals surface area contributed by atoms with Gasteiger partial charge in [-0.25, -0.2) is 4.98 Å². The molecule has 4 nitrogen and oxygen atoms in total. The van der Waals surface area contributed by atoms with E-state index < -0.39 is 0 Å². The number of ether oxygens (including phenoxy) is 1. The van der Waals surface area contributed by atoms with Crippen LogP contribution in [0.15, 0.2) is 10.8 Å². The lowest BCUT2D eigenvalue weighted by Crippen LogP contribution is -2.14. The maximum atomic E-state index is 5.35.